The first-order valence-electron chi connectivity index (χ1n) is 5.54. The van der Waals surface area contributed by atoms with Gasteiger partial charge in [0.25, 0.3) is 0 Å². The van der Waals surface area contributed by atoms with Gasteiger partial charge in [-0.2, -0.15) is 5.10 Å². The van der Waals surface area contributed by atoms with Crippen molar-refractivity contribution in [1.29, 1.82) is 0 Å². The van der Waals surface area contributed by atoms with E-state index in [9.17, 15) is 0 Å². The van der Waals surface area contributed by atoms with E-state index >= 15 is 0 Å². The summed E-state index contributed by atoms with van der Waals surface area (Å²) in [6.45, 7) is 0. The van der Waals surface area contributed by atoms with Crippen LogP contribution in [0.4, 0.5) is 5.69 Å². The Morgan fingerprint density at radius 3 is 2.78 bits per heavy atom. The zero-order valence-electron chi connectivity index (χ0n) is 9.87. The molecule has 0 aliphatic carbocycles. The molecule has 2 heterocycles. The average Bonchev–Trinajstić information content (AvgIpc) is 2.98. The lowest BCUT2D eigenvalue weighted by atomic mass is 10.2. The summed E-state index contributed by atoms with van der Waals surface area (Å²) in [5.74, 6) is 0. The average molecular weight is 256 g/mol. The van der Waals surface area contributed by atoms with Crippen molar-refractivity contribution in [2.45, 2.75) is 0 Å². The highest BCUT2D eigenvalue weighted by Crippen LogP contribution is 2.31. The van der Waals surface area contributed by atoms with E-state index in [1.165, 1.54) is 0 Å². The number of nitrogen functional groups attached to an aromatic ring is 1. The van der Waals surface area contributed by atoms with Crippen molar-refractivity contribution in [2.24, 2.45) is 7.05 Å². The molecule has 3 rings (SSSR count). The third kappa shape index (κ3) is 1.78. The molecule has 90 valence electrons. The molecule has 4 nitrogen and oxygen atoms in total. The van der Waals surface area contributed by atoms with Crippen LogP contribution in [0.25, 0.3) is 22.0 Å². The molecule has 0 fully saturated rings. The number of anilines is 1. The molecule has 0 radical (unpaired) electrons. The lowest BCUT2D eigenvalue weighted by Gasteiger charge is -2.00. The molecule has 1 aromatic carbocycles. The number of thiazole rings is 1. The Bertz CT molecular complexity index is 684. The number of hydrogen-bond acceptors (Lipinski definition) is 4. The Kier molecular flexibility index (Phi) is 2.60. The largest absolute Gasteiger partial charge is 0.398 e. The van der Waals surface area contributed by atoms with Crippen molar-refractivity contribution >= 4 is 17.0 Å². The van der Waals surface area contributed by atoms with Gasteiger partial charge in [-0.25, -0.2) is 4.98 Å². The lowest BCUT2D eigenvalue weighted by molar-refractivity contribution is 0.774. The van der Waals surface area contributed by atoms with E-state index in [0.29, 0.717) is 0 Å². The molecule has 2 N–H and O–H groups in total. The van der Waals surface area contributed by atoms with E-state index in [4.69, 9.17) is 5.73 Å². The highest BCUT2D eigenvalue weighted by atomic mass is 32.1. The molecule has 0 atom stereocenters. The second kappa shape index (κ2) is 4.27. The molecule has 2 aromatic heterocycles. The van der Waals surface area contributed by atoms with Crippen LogP contribution in [-0.2, 0) is 7.05 Å². The fourth-order valence-electron chi connectivity index (χ4n) is 1.83. The molecule has 0 spiro atoms. The van der Waals surface area contributed by atoms with Crippen LogP contribution in [0.3, 0.4) is 0 Å². The number of para-hydroxylation sites is 1. The summed E-state index contributed by atoms with van der Waals surface area (Å²) < 4.78 is 1.81. The Morgan fingerprint density at radius 2 is 2.06 bits per heavy atom. The van der Waals surface area contributed by atoms with Crippen LogP contribution in [0.2, 0.25) is 0 Å². The summed E-state index contributed by atoms with van der Waals surface area (Å²) in [5, 5.41) is 7.11. The van der Waals surface area contributed by atoms with Crippen LogP contribution in [-0.4, -0.2) is 14.8 Å². The molecule has 0 aliphatic rings. The minimum absolute atomic E-state index is 0.753. The van der Waals surface area contributed by atoms with Crippen LogP contribution in [0.15, 0.2) is 41.9 Å². The molecule has 18 heavy (non-hydrogen) atoms. The summed E-state index contributed by atoms with van der Waals surface area (Å²) in [4.78, 5) is 4.62. The first kappa shape index (κ1) is 11.0. The minimum Gasteiger partial charge on any atom is -0.398 e. The first-order chi connectivity index (χ1) is 8.75. The third-order valence-electron chi connectivity index (χ3n) is 2.78. The lowest BCUT2D eigenvalue weighted by Crippen LogP contribution is -1.93. The van der Waals surface area contributed by atoms with Crippen LogP contribution in [0.5, 0.6) is 0 Å². The van der Waals surface area contributed by atoms with Crippen LogP contribution in [0.1, 0.15) is 0 Å². The van der Waals surface area contributed by atoms with Gasteiger partial charge in [0.15, 0.2) is 0 Å². The van der Waals surface area contributed by atoms with Gasteiger partial charge in [0.05, 0.1) is 11.4 Å². The van der Waals surface area contributed by atoms with Crippen LogP contribution >= 0.6 is 11.3 Å². The monoisotopic (exact) mass is 256 g/mol. The standard InChI is InChI=1S/C13H12N4S/c1-17-12(6-7-15-17)11-8-18-13(16-11)9-4-2-3-5-10(9)14/h2-8H,14H2,1H3. The van der Waals surface area contributed by atoms with Crippen molar-refractivity contribution in [3.8, 4) is 22.0 Å². The molecule has 0 saturated heterocycles. The maximum Gasteiger partial charge on any atom is 0.126 e. The Balaban J connectivity index is 2.05. The van der Waals surface area contributed by atoms with E-state index in [2.05, 4.69) is 10.1 Å². The molecule has 3 aromatic rings. The number of hydrogen-bond donors (Lipinski definition) is 1. The minimum atomic E-state index is 0.753. The van der Waals surface area contributed by atoms with E-state index < -0.39 is 0 Å². The van der Waals surface area contributed by atoms with Crippen molar-refractivity contribution in [1.82, 2.24) is 14.8 Å². The molecular formula is C13H12N4S. The smallest absolute Gasteiger partial charge is 0.126 e. The maximum atomic E-state index is 5.96. The molecule has 0 saturated carbocycles. The van der Waals surface area contributed by atoms with E-state index in [0.717, 1.165) is 27.6 Å². The zero-order valence-corrected chi connectivity index (χ0v) is 10.7. The van der Waals surface area contributed by atoms with E-state index in [-0.39, 0.29) is 0 Å². The van der Waals surface area contributed by atoms with Crippen LogP contribution < -0.4 is 5.73 Å². The summed E-state index contributed by atoms with van der Waals surface area (Å²) in [6, 6.07) is 9.72. The quantitative estimate of drug-likeness (QED) is 0.717. The Labute approximate surface area is 109 Å². The number of nitrogens with zero attached hydrogens (tertiary/aromatic N) is 3. The van der Waals surface area contributed by atoms with Crippen molar-refractivity contribution in [2.75, 3.05) is 5.73 Å². The molecule has 0 aliphatic heterocycles. The van der Waals surface area contributed by atoms with Gasteiger partial charge < -0.3 is 5.73 Å². The number of rotatable bonds is 2. The zero-order chi connectivity index (χ0) is 12.5. The van der Waals surface area contributed by atoms with Crippen molar-refractivity contribution in [3.05, 3.63) is 41.9 Å². The second-order valence-electron chi connectivity index (χ2n) is 3.97. The Morgan fingerprint density at radius 1 is 1.22 bits per heavy atom. The third-order valence-corrected chi connectivity index (χ3v) is 3.65. The fraction of sp³-hybridized carbons (Fsp3) is 0.0769. The number of benzene rings is 1. The number of nitrogens with two attached hydrogens (primary N) is 1. The summed E-state index contributed by atoms with van der Waals surface area (Å²) in [6.07, 6.45) is 1.77. The van der Waals surface area contributed by atoms with Gasteiger partial charge in [0, 0.05) is 29.9 Å². The van der Waals surface area contributed by atoms with E-state index in [1.807, 2.05) is 47.4 Å². The highest BCUT2D eigenvalue weighted by Gasteiger charge is 2.10. The molecule has 0 unspecified atom stereocenters. The summed E-state index contributed by atoms with van der Waals surface area (Å²) in [7, 11) is 1.91. The maximum absolute atomic E-state index is 5.96. The Hall–Kier alpha value is -2.14. The summed E-state index contributed by atoms with van der Waals surface area (Å²) >= 11 is 1.59. The van der Waals surface area contributed by atoms with Gasteiger partial charge in [-0.3, -0.25) is 4.68 Å². The van der Waals surface area contributed by atoms with Gasteiger partial charge >= 0.3 is 0 Å². The van der Waals surface area contributed by atoms with Gasteiger partial charge in [0.1, 0.15) is 5.01 Å². The summed E-state index contributed by atoms with van der Waals surface area (Å²) in [5.41, 5.74) is 9.63. The number of aryl methyl sites for hydroxylation is 1. The van der Waals surface area contributed by atoms with Gasteiger partial charge in [0.2, 0.25) is 0 Å². The first-order valence-corrected chi connectivity index (χ1v) is 6.42. The molecule has 0 amide bonds. The van der Waals surface area contributed by atoms with Gasteiger partial charge in [-0.1, -0.05) is 12.1 Å². The SMILES string of the molecule is Cn1nccc1-c1csc(-c2ccccc2N)n1. The van der Waals surface area contributed by atoms with Crippen molar-refractivity contribution in [3.63, 3.8) is 0 Å². The fourth-order valence-corrected chi connectivity index (χ4v) is 2.69. The van der Waals surface area contributed by atoms with Gasteiger partial charge in [-0.15, -0.1) is 11.3 Å². The van der Waals surface area contributed by atoms with Crippen LogP contribution in [0, 0.1) is 0 Å². The normalized spacial score (nSPS) is 10.7. The molecular weight excluding hydrogens is 244 g/mol. The second-order valence-corrected chi connectivity index (χ2v) is 4.82. The predicted octanol–water partition coefficient (Wildman–Crippen LogP) is 2.79. The van der Waals surface area contributed by atoms with E-state index in [1.54, 1.807) is 17.5 Å². The number of aromatic nitrogens is 3. The molecule has 5 heteroatoms. The molecule has 0 bridgehead atoms. The van der Waals surface area contributed by atoms with Crippen molar-refractivity contribution < 1.29 is 0 Å². The van der Waals surface area contributed by atoms with Gasteiger partial charge in [-0.05, 0) is 18.2 Å². The topological polar surface area (TPSA) is 56.7 Å². The highest BCUT2D eigenvalue weighted by molar-refractivity contribution is 7.13. The predicted molar refractivity (Wildman–Crippen MR) is 74.2 cm³/mol.